The van der Waals surface area contributed by atoms with Crippen LogP contribution < -0.4 is 10.1 Å². The summed E-state index contributed by atoms with van der Waals surface area (Å²) < 4.78 is 6.99. The van der Waals surface area contributed by atoms with Crippen molar-refractivity contribution in [3.8, 4) is 11.5 Å². The fourth-order valence-electron chi connectivity index (χ4n) is 2.34. The van der Waals surface area contributed by atoms with Crippen LogP contribution in [0, 0.1) is 17.0 Å². The molecule has 0 saturated heterocycles. The Balaban J connectivity index is 1.68. The molecule has 0 unspecified atom stereocenters. The number of aromatic hydroxyl groups is 1. The van der Waals surface area contributed by atoms with Crippen LogP contribution in [-0.4, -0.2) is 25.7 Å². The van der Waals surface area contributed by atoms with E-state index < -0.39 is 10.8 Å². The van der Waals surface area contributed by atoms with Crippen LogP contribution in [0.25, 0.3) is 0 Å². The normalized spacial score (nSPS) is 10.5. The van der Waals surface area contributed by atoms with Crippen LogP contribution in [-0.2, 0) is 6.73 Å². The molecule has 28 heavy (non-hydrogen) atoms. The van der Waals surface area contributed by atoms with Crippen LogP contribution in [0.4, 0.5) is 11.4 Å². The molecule has 0 fully saturated rings. The van der Waals surface area contributed by atoms with Gasteiger partial charge in [-0.3, -0.25) is 14.9 Å². The average molecular weight is 403 g/mol. The Bertz CT molecular complexity index is 1050. The minimum Gasteiger partial charge on any atom is -0.506 e. The van der Waals surface area contributed by atoms with Gasteiger partial charge in [0, 0.05) is 18.3 Å². The molecule has 2 N–H and O–H groups in total. The maximum atomic E-state index is 12.3. The van der Waals surface area contributed by atoms with E-state index in [2.05, 4.69) is 10.4 Å². The fraction of sp³-hybridized carbons (Fsp3) is 0.111. The maximum absolute atomic E-state index is 12.3. The molecule has 0 aliphatic carbocycles. The molecule has 9 nitrogen and oxygen atoms in total. The smallest absolute Gasteiger partial charge is 0.276 e. The number of halogens is 1. The second-order valence-electron chi connectivity index (χ2n) is 5.86. The first-order valence-corrected chi connectivity index (χ1v) is 8.42. The molecule has 0 aliphatic rings. The first-order chi connectivity index (χ1) is 13.3. The van der Waals surface area contributed by atoms with E-state index in [1.807, 2.05) is 13.0 Å². The highest BCUT2D eigenvalue weighted by atomic mass is 35.5. The third kappa shape index (κ3) is 4.38. The lowest BCUT2D eigenvalue weighted by molar-refractivity contribution is -0.384. The zero-order chi connectivity index (χ0) is 20.3. The number of ether oxygens (including phenoxy) is 1. The zero-order valence-corrected chi connectivity index (χ0v) is 15.4. The van der Waals surface area contributed by atoms with E-state index in [9.17, 15) is 20.0 Å². The number of carbonyl (C=O) groups excluding carboxylic acids is 1. The summed E-state index contributed by atoms with van der Waals surface area (Å²) in [5, 5.41) is 27.5. The van der Waals surface area contributed by atoms with Gasteiger partial charge in [0.2, 0.25) is 0 Å². The van der Waals surface area contributed by atoms with Gasteiger partial charge in [-0.1, -0.05) is 17.7 Å². The van der Waals surface area contributed by atoms with Crippen LogP contribution >= 0.6 is 11.6 Å². The van der Waals surface area contributed by atoms with Crippen molar-refractivity contribution in [3.63, 3.8) is 0 Å². The van der Waals surface area contributed by atoms with E-state index in [4.69, 9.17) is 16.3 Å². The lowest BCUT2D eigenvalue weighted by Crippen LogP contribution is -2.14. The minimum atomic E-state index is -0.636. The second-order valence-corrected chi connectivity index (χ2v) is 6.27. The molecule has 10 heteroatoms. The van der Waals surface area contributed by atoms with Crippen molar-refractivity contribution in [2.24, 2.45) is 0 Å². The number of rotatable bonds is 6. The van der Waals surface area contributed by atoms with Gasteiger partial charge in [0.15, 0.2) is 12.4 Å². The first-order valence-electron chi connectivity index (χ1n) is 8.04. The van der Waals surface area contributed by atoms with E-state index in [0.29, 0.717) is 10.8 Å². The molecular formula is C18H15ClN4O5. The van der Waals surface area contributed by atoms with Crippen molar-refractivity contribution < 1.29 is 19.6 Å². The third-order valence-corrected chi connectivity index (χ3v) is 4.06. The zero-order valence-electron chi connectivity index (χ0n) is 14.6. The number of benzene rings is 2. The monoisotopic (exact) mass is 402 g/mol. The highest BCUT2D eigenvalue weighted by molar-refractivity contribution is 6.32. The SMILES string of the molecule is Cc1ccc(Cl)c(OCn2ccc(C(=O)Nc3cc([N+](=O)[O-])ccc3O)n2)c1. The van der Waals surface area contributed by atoms with E-state index in [1.165, 1.54) is 16.9 Å². The molecule has 144 valence electrons. The number of amides is 1. The van der Waals surface area contributed by atoms with E-state index >= 15 is 0 Å². The van der Waals surface area contributed by atoms with Gasteiger partial charge in [-0.2, -0.15) is 5.10 Å². The van der Waals surface area contributed by atoms with Crippen molar-refractivity contribution >= 4 is 28.9 Å². The van der Waals surface area contributed by atoms with Crippen LogP contribution in [0.2, 0.25) is 5.02 Å². The summed E-state index contributed by atoms with van der Waals surface area (Å²) in [6.07, 6.45) is 1.53. The van der Waals surface area contributed by atoms with Crippen molar-refractivity contribution in [3.05, 3.63) is 75.1 Å². The van der Waals surface area contributed by atoms with Gasteiger partial charge in [0.05, 0.1) is 15.6 Å². The van der Waals surface area contributed by atoms with Gasteiger partial charge >= 0.3 is 0 Å². The molecule has 1 heterocycles. The van der Waals surface area contributed by atoms with Crippen molar-refractivity contribution in [1.82, 2.24) is 9.78 Å². The van der Waals surface area contributed by atoms with Crippen LogP contribution in [0.3, 0.4) is 0 Å². The Morgan fingerprint density at radius 3 is 2.86 bits per heavy atom. The number of carbonyl (C=O) groups is 1. The topological polar surface area (TPSA) is 120 Å². The number of phenolic OH excluding ortho intramolecular Hbond substituents is 1. The summed E-state index contributed by atoms with van der Waals surface area (Å²) in [5.74, 6) is -0.441. The van der Waals surface area contributed by atoms with Crippen molar-refractivity contribution in [2.45, 2.75) is 13.7 Å². The minimum absolute atomic E-state index is 0.0263. The summed E-state index contributed by atoms with van der Waals surface area (Å²) in [7, 11) is 0. The van der Waals surface area contributed by atoms with Gasteiger partial charge in [0.1, 0.15) is 11.5 Å². The van der Waals surface area contributed by atoms with Crippen LogP contribution in [0.5, 0.6) is 11.5 Å². The van der Waals surface area contributed by atoms with Gasteiger partial charge in [-0.05, 0) is 36.8 Å². The molecule has 0 saturated carbocycles. The molecule has 1 amide bonds. The van der Waals surface area contributed by atoms with Crippen molar-refractivity contribution in [2.75, 3.05) is 5.32 Å². The molecule has 0 aliphatic heterocycles. The summed E-state index contributed by atoms with van der Waals surface area (Å²) in [4.78, 5) is 22.5. The number of nitrogens with zero attached hydrogens (tertiary/aromatic N) is 3. The van der Waals surface area contributed by atoms with Gasteiger partial charge in [-0.15, -0.1) is 0 Å². The number of phenols is 1. The summed E-state index contributed by atoms with van der Waals surface area (Å²) >= 11 is 6.07. The van der Waals surface area contributed by atoms with Crippen LogP contribution in [0.15, 0.2) is 48.7 Å². The highest BCUT2D eigenvalue weighted by Gasteiger charge is 2.15. The number of nitro groups is 1. The van der Waals surface area contributed by atoms with Gasteiger partial charge in [0.25, 0.3) is 11.6 Å². The van der Waals surface area contributed by atoms with E-state index in [0.717, 1.165) is 23.8 Å². The molecular weight excluding hydrogens is 388 g/mol. The first kappa shape index (κ1) is 19.2. The van der Waals surface area contributed by atoms with Gasteiger partial charge in [-0.25, -0.2) is 4.68 Å². The van der Waals surface area contributed by atoms with Crippen LogP contribution in [0.1, 0.15) is 16.1 Å². The lowest BCUT2D eigenvalue weighted by Gasteiger charge is -2.09. The average Bonchev–Trinajstić information content (AvgIpc) is 3.13. The van der Waals surface area contributed by atoms with E-state index in [1.54, 1.807) is 12.1 Å². The standard InChI is InChI=1S/C18H15ClN4O5/c1-11-2-4-13(19)17(8-11)28-10-22-7-6-14(21-22)18(25)20-15-9-12(23(26)27)3-5-16(15)24/h2-9,24H,10H2,1H3,(H,20,25). The molecule has 1 aromatic heterocycles. The summed E-state index contributed by atoms with van der Waals surface area (Å²) in [6.45, 7) is 1.93. The number of nitrogens with one attached hydrogen (secondary N) is 1. The molecule has 0 bridgehead atoms. The quantitative estimate of drug-likeness (QED) is 0.368. The molecule has 0 spiro atoms. The molecule has 0 atom stereocenters. The number of anilines is 1. The molecule has 3 aromatic rings. The Hall–Kier alpha value is -3.59. The predicted octanol–water partition coefficient (Wildman–Crippen LogP) is 3.75. The number of hydrogen-bond donors (Lipinski definition) is 2. The van der Waals surface area contributed by atoms with Crippen molar-refractivity contribution in [1.29, 1.82) is 0 Å². The van der Waals surface area contributed by atoms with E-state index in [-0.39, 0.29) is 29.5 Å². The largest absolute Gasteiger partial charge is 0.506 e. The predicted molar refractivity (Wildman–Crippen MR) is 102 cm³/mol. The summed E-state index contributed by atoms with van der Waals surface area (Å²) in [5.41, 5.74) is 0.681. The molecule has 3 rings (SSSR count). The Kier molecular flexibility index (Phi) is 5.46. The fourth-order valence-corrected chi connectivity index (χ4v) is 2.51. The third-order valence-electron chi connectivity index (χ3n) is 3.75. The maximum Gasteiger partial charge on any atom is 0.276 e. The number of aryl methyl sites for hydroxylation is 1. The molecule has 0 radical (unpaired) electrons. The lowest BCUT2D eigenvalue weighted by atomic mass is 10.2. The summed E-state index contributed by atoms with van der Waals surface area (Å²) in [6, 6.07) is 10.1. The second kappa shape index (κ2) is 7.97. The Labute approximate surface area is 164 Å². The number of hydrogen-bond acceptors (Lipinski definition) is 6. The Morgan fingerprint density at radius 2 is 2.11 bits per heavy atom. The Morgan fingerprint density at radius 1 is 1.32 bits per heavy atom. The number of nitro benzene ring substituents is 1. The molecule has 2 aromatic carbocycles. The van der Waals surface area contributed by atoms with Gasteiger partial charge < -0.3 is 15.2 Å². The number of non-ortho nitro benzene ring substituents is 1. The number of aromatic nitrogens is 2. The highest BCUT2D eigenvalue weighted by Crippen LogP contribution is 2.28.